The number of nitrogens with zero attached hydrogens (tertiary/aromatic N) is 1. The molecule has 3 N–H and O–H groups in total. The zero-order valence-electron chi connectivity index (χ0n) is 9.65. The number of nitrogens with one attached hydrogen (secondary N) is 1. The molecule has 1 aromatic rings. The smallest absolute Gasteiger partial charge is 0.168 e. The molecule has 1 saturated carbocycles. The van der Waals surface area contributed by atoms with Gasteiger partial charge < -0.3 is 15.8 Å². The molecule has 0 aliphatic heterocycles. The van der Waals surface area contributed by atoms with Crippen molar-refractivity contribution in [2.24, 2.45) is 11.7 Å². The van der Waals surface area contributed by atoms with Gasteiger partial charge in [-0.15, -0.1) is 0 Å². The zero-order chi connectivity index (χ0) is 11.4. The molecule has 0 spiro atoms. The molecule has 1 atom stereocenters. The highest BCUT2D eigenvalue weighted by atomic mass is 16.5. The first-order chi connectivity index (χ1) is 7.81. The van der Waals surface area contributed by atoms with Crippen molar-refractivity contribution in [1.82, 2.24) is 4.98 Å². The van der Waals surface area contributed by atoms with E-state index in [9.17, 15) is 0 Å². The summed E-state index contributed by atoms with van der Waals surface area (Å²) in [6.45, 7) is 3.38. The van der Waals surface area contributed by atoms with Gasteiger partial charge in [0, 0.05) is 18.8 Å². The molecule has 1 fully saturated rings. The molecule has 16 heavy (non-hydrogen) atoms. The number of pyridine rings is 1. The Morgan fingerprint density at radius 2 is 2.44 bits per heavy atom. The standard InChI is InChI=1S/C12H19N3O/c1-2-16-11-4-3-7-14-12(11)15-8-10(13)9-5-6-9/h3-4,7,9-10H,2,5-6,8,13H2,1H3,(H,14,15). The summed E-state index contributed by atoms with van der Waals surface area (Å²) in [5, 5.41) is 3.26. The van der Waals surface area contributed by atoms with Gasteiger partial charge in [-0.1, -0.05) is 0 Å². The van der Waals surface area contributed by atoms with Crippen molar-refractivity contribution in [2.75, 3.05) is 18.5 Å². The molecule has 4 heteroatoms. The highest BCUT2D eigenvalue weighted by Crippen LogP contribution is 2.31. The quantitative estimate of drug-likeness (QED) is 0.766. The second-order valence-electron chi connectivity index (χ2n) is 4.17. The molecule has 4 nitrogen and oxygen atoms in total. The third kappa shape index (κ3) is 2.85. The van der Waals surface area contributed by atoms with E-state index in [1.165, 1.54) is 12.8 Å². The lowest BCUT2D eigenvalue weighted by Gasteiger charge is -2.14. The van der Waals surface area contributed by atoms with Crippen LogP contribution in [0.5, 0.6) is 5.75 Å². The Morgan fingerprint density at radius 1 is 1.62 bits per heavy atom. The molecule has 1 aliphatic carbocycles. The lowest BCUT2D eigenvalue weighted by Crippen LogP contribution is -2.31. The van der Waals surface area contributed by atoms with E-state index >= 15 is 0 Å². The summed E-state index contributed by atoms with van der Waals surface area (Å²) in [6, 6.07) is 4.02. The average molecular weight is 221 g/mol. The molecule has 0 radical (unpaired) electrons. The van der Waals surface area contributed by atoms with Crippen LogP contribution in [-0.4, -0.2) is 24.2 Å². The minimum Gasteiger partial charge on any atom is -0.490 e. The second kappa shape index (κ2) is 5.16. The van der Waals surface area contributed by atoms with Gasteiger partial charge in [-0.25, -0.2) is 4.98 Å². The molecule has 0 saturated heterocycles. The van der Waals surface area contributed by atoms with Crippen LogP contribution in [0.15, 0.2) is 18.3 Å². The van der Waals surface area contributed by atoms with E-state index in [-0.39, 0.29) is 6.04 Å². The Kier molecular flexibility index (Phi) is 3.62. The highest BCUT2D eigenvalue weighted by molar-refractivity contribution is 5.49. The van der Waals surface area contributed by atoms with E-state index in [1.54, 1.807) is 6.20 Å². The maximum absolute atomic E-state index is 6.02. The molecule has 1 aromatic heterocycles. The Labute approximate surface area is 96.2 Å². The molecule has 1 aliphatic rings. The topological polar surface area (TPSA) is 60.2 Å². The number of ether oxygens (including phenoxy) is 1. The van der Waals surface area contributed by atoms with Crippen molar-refractivity contribution in [2.45, 2.75) is 25.8 Å². The predicted octanol–water partition coefficient (Wildman–Crippen LogP) is 1.63. The molecular formula is C12H19N3O. The van der Waals surface area contributed by atoms with Crippen molar-refractivity contribution in [3.8, 4) is 5.75 Å². The summed E-state index contributed by atoms with van der Waals surface area (Å²) in [5.74, 6) is 2.29. The zero-order valence-corrected chi connectivity index (χ0v) is 9.65. The SMILES string of the molecule is CCOc1cccnc1NCC(N)C1CC1. The Bertz CT molecular complexity index is 339. The average Bonchev–Trinajstić information content (AvgIpc) is 3.12. The predicted molar refractivity (Wildman–Crippen MR) is 64.6 cm³/mol. The van der Waals surface area contributed by atoms with Crippen molar-refractivity contribution in [3.63, 3.8) is 0 Å². The van der Waals surface area contributed by atoms with E-state index in [4.69, 9.17) is 10.5 Å². The monoisotopic (exact) mass is 221 g/mol. The van der Waals surface area contributed by atoms with Crippen molar-refractivity contribution in [1.29, 1.82) is 0 Å². The van der Waals surface area contributed by atoms with Gasteiger partial charge in [0.1, 0.15) is 0 Å². The van der Waals surface area contributed by atoms with Gasteiger partial charge in [0.25, 0.3) is 0 Å². The Hall–Kier alpha value is -1.29. The minimum atomic E-state index is 0.233. The van der Waals surface area contributed by atoms with Crippen LogP contribution in [0, 0.1) is 5.92 Å². The van der Waals surface area contributed by atoms with Crippen LogP contribution in [0.1, 0.15) is 19.8 Å². The first kappa shape index (κ1) is 11.2. The van der Waals surface area contributed by atoms with Crippen LogP contribution in [-0.2, 0) is 0 Å². The van der Waals surface area contributed by atoms with E-state index < -0.39 is 0 Å². The third-order valence-corrected chi connectivity index (χ3v) is 2.80. The summed E-state index contributed by atoms with van der Waals surface area (Å²) < 4.78 is 5.48. The lowest BCUT2D eigenvalue weighted by molar-refractivity contribution is 0.340. The summed E-state index contributed by atoms with van der Waals surface area (Å²) in [5.41, 5.74) is 6.02. The van der Waals surface area contributed by atoms with Crippen LogP contribution in [0.4, 0.5) is 5.82 Å². The van der Waals surface area contributed by atoms with Gasteiger partial charge in [-0.05, 0) is 37.8 Å². The van der Waals surface area contributed by atoms with E-state index in [0.717, 1.165) is 18.1 Å². The van der Waals surface area contributed by atoms with Crippen LogP contribution in [0.25, 0.3) is 0 Å². The molecule has 2 rings (SSSR count). The lowest BCUT2D eigenvalue weighted by atomic mass is 10.2. The summed E-state index contributed by atoms with van der Waals surface area (Å²) in [4.78, 5) is 4.26. The van der Waals surface area contributed by atoms with Gasteiger partial charge in [0.15, 0.2) is 11.6 Å². The van der Waals surface area contributed by atoms with E-state index in [2.05, 4.69) is 10.3 Å². The number of anilines is 1. The van der Waals surface area contributed by atoms with Gasteiger partial charge >= 0.3 is 0 Å². The molecule has 88 valence electrons. The summed E-state index contributed by atoms with van der Waals surface area (Å²) in [7, 11) is 0. The minimum absolute atomic E-state index is 0.233. The van der Waals surface area contributed by atoms with Crippen LogP contribution < -0.4 is 15.8 Å². The first-order valence-electron chi connectivity index (χ1n) is 5.88. The summed E-state index contributed by atoms with van der Waals surface area (Å²) >= 11 is 0. The van der Waals surface area contributed by atoms with Crippen LogP contribution in [0.2, 0.25) is 0 Å². The maximum Gasteiger partial charge on any atom is 0.168 e. The Morgan fingerprint density at radius 3 is 3.12 bits per heavy atom. The van der Waals surface area contributed by atoms with Crippen LogP contribution in [0.3, 0.4) is 0 Å². The number of aromatic nitrogens is 1. The van der Waals surface area contributed by atoms with Gasteiger partial charge in [0.05, 0.1) is 6.61 Å². The molecular weight excluding hydrogens is 202 g/mol. The normalized spacial score (nSPS) is 16.9. The molecule has 0 aromatic carbocycles. The number of hydrogen-bond donors (Lipinski definition) is 2. The second-order valence-corrected chi connectivity index (χ2v) is 4.17. The fourth-order valence-electron chi connectivity index (χ4n) is 1.70. The van der Waals surface area contributed by atoms with Gasteiger partial charge in [-0.2, -0.15) is 0 Å². The number of nitrogens with two attached hydrogens (primary N) is 1. The van der Waals surface area contributed by atoms with E-state index in [0.29, 0.717) is 12.5 Å². The fraction of sp³-hybridized carbons (Fsp3) is 0.583. The summed E-state index contributed by atoms with van der Waals surface area (Å²) in [6.07, 6.45) is 4.29. The molecule has 1 heterocycles. The number of hydrogen-bond acceptors (Lipinski definition) is 4. The molecule has 1 unspecified atom stereocenters. The third-order valence-electron chi connectivity index (χ3n) is 2.80. The van der Waals surface area contributed by atoms with E-state index in [1.807, 2.05) is 19.1 Å². The van der Waals surface area contributed by atoms with Crippen molar-refractivity contribution in [3.05, 3.63) is 18.3 Å². The highest BCUT2D eigenvalue weighted by Gasteiger charge is 2.28. The molecule has 0 amide bonds. The fourth-order valence-corrected chi connectivity index (χ4v) is 1.70. The van der Waals surface area contributed by atoms with Gasteiger partial charge in [0.2, 0.25) is 0 Å². The first-order valence-corrected chi connectivity index (χ1v) is 5.88. The largest absolute Gasteiger partial charge is 0.490 e. The van der Waals surface area contributed by atoms with Crippen molar-refractivity contribution < 1.29 is 4.74 Å². The maximum atomic E-state index is 6.02. The Balaban J connectivity index is 1.91. The number of rotatable bonds is 6. The van der Waals surface area contributed by atoms with Gasteiger partial charge in [-0.3, -0.25) is 0 Å². The van der Waals surface area contributed by atoms with Crippen LogP contribution >= 0.6 is 0 Å². The molecule has 0 bridgehead atoms. The van der Waals surface area contributed by atoms with Crippen molar-refractivity contribution >= 4 is 5.82 Å².